The largest absolute Gasteiger partial charge is 0.369 e. The minimum atomic E-state index is 0.0924. The molecule has 0 radical (unpaired) electrons. The normalized spacial score (nSPS) is 22.6. The van der Waals surface area contributed by atoms with Crippen molar-refractivity contribution in [2.45, 2.75) is 38.7 Å². The summed E-state index contributed by atoms with van der Waals surface area (Å²) in [6.07, 6.45) is 5.71. The zero-order valence-electron chi connectivity index (χ0n) is 14.7. The van der Waals surface area contributed by atoms with Gasteiger partial charge in [0.25, 0.3) is 0 Å². The van der Waals surface area contributed by atoms with Crippen LogP contribution in [0.15, 0.2) is 23.6 Å². The highest BCUT2D eigenvalue weighted by Gasteiger charge is 2.26. The Morgan fingerprint density at radius 1 is 1.32 bits per heavy atom. The van der Waals surface area contributed by atoms with Crippen LogP contribution in [-0.4, -0.2) is 36.1 Å². The highest BCUT2D eigenvalue weighted by atomic mass is 35.5. The fourth-order valence-electron chi connectivity index (χ4n) is 4.08. The molecule has 2 aromatic rings. The quantitative estimate of drug-likeness (QED) is 0.720. The molecule has 0 spiro atoms. The van der Waals surface area contributed by atoms with Crippen LogP contribution in [0, 0.1) is 12.8 Å². The number of ether oxygens (including phenoxy) is 1. The van der Waals surface area contributed by atoms with Crippen LogP contribution in [0.4, 0.5) is 0 Å². The van der Waals surface area contributed by atoms with Gasteiger partial charge >= 0.3 is 0 Å². The topological polar surface area (TPSA) is 25.4 Å². The van der Waals surface area contributed by atoms with E-state index in [2.05, 4.69) is 24.0 Å². The number of nitrogens with zero attached hydrogens (tertiary/aromatic N) is 2. The second-order valence-corrected chi connectivity index (χ2v) is 8.62. The van der Waals surface area contributed by atoms with E-state index in [1.54, 1.807) is 11.3 Å². The third-order valence-electron chi connectivity index (χ3n) is 5.41. The van der Waals surface area contributed by atoms with Crippen molar-refractivity contribution in [3.63, 3.8) is 0 Å². The number of hydrogen-bond acceptors (Lipinski definition) is 4. The molecule has 1 aliphatic heterocycles. The van der Waals surface area contributed by atoms with Crippen molar-refractivity contribution >= 4 is 22.9 Å². The number of rotatable bonds is 4. The molecule has 0 bridgehead atoms. The lowest BCUT2D eigenvalue weighted by molar-refractivity contribution is -0.0363. The molecule has 3 heterocycles. The van der Waals surface area contributed by atoms with Crippen molar-refractivity contribution < 1.29 is 4.74 Å². The van der Waals surface area contributed by atoms with Gasteiger partial charge in [-0.3, -0.25) is 9.88 Å². The van der Waals surface area contributed by atoms with Crippen LogP contribution in [-0.2, 0) is 4.74 Å². The monoisotopic (exact) mass is 376 g/mol. The summed E-state index contributed by atoms with van der Waals surface area (Å²) in [5, 5.41) is 2.76. The van der Waals surface area contributed by atoms with Crippen molar-refractivity contribution in [3.05, 3.63) is 40.0 Å². The van der Waals surface area contributed by atoms with Crippen molar-refractivity contribution in [2.24, 2.45) is 5.92 Å². The number of pyridine rings is 1. The SMILES string of the molecule is Cc1nc([C@H]2CN(CC3CCCC3)CCO2)ccc1-c1cc(Cl)cs1. The minimum absolute atomic E-state index is 0.0924. The molecule has 2 aliphatic rings. The predicted molar refractivity (Wildman–Crippen MR) is 104 cm³/mol. The third kappa shape index (κ3) is 4.08. The third-order valence-corrected chi connectivity index (χ3v) is 6.72. The minimum Gasteiger partial charge on any atom is -0.369 e. The van der Waals surface area contributed by atoms with Gasteiger partial charge in [-0.05, 0) is 43.9 Å². The van der Waals surface area contributed by atoms with E-state index in [0.717, 1.165) is 42.0 Å². The van der Waals surface area contributed by atoms with Crippen LogP contribution in [0.5, 0.6) is 0 Å². The maximum absolute atomic E-state index is 6.07. The van der Waals surface area contributed by atoms with Crippen molar-refractivity contribution in [1.82, 2.24) is 9.88 Å². The van der Waals surface area contributed by atoms with E-state index >= 15 is 0 Å². The van der Waals surface area contributed by atoms with Crippen molar-refractivity contribution in [3.8, 4) is 10.4 Å². The lowest BCUT2D eigenvalue weighted by Gasteiger charge is -2.34. The summed E-state index contributed by atoms with van der Waals surface area (Å²) in [7, 11) is 0. The van der Waals surface area contributed by atoms with E-state index in [0.29, 0.717) is 0 Å². The Morgan fingerprint density at radius 2 is 2.16 bits per heavy atom. The molecule has 2 aromatic heterocycles. The standard InChI is InChI=1S/C20H25ClN2OS/c1-14-17(20-10-16(21)13-25-20)6-7-18(22-14)19-12-23(8-9-24-19)11-15-4-2-3-5-15/h6-7,10,13,15,19H,2-5,8-9,11-12H2,1H3/t19-/m1/s1. The van der Waals surface area contributed by atoms with E-state index in [-0.39, 0.29) is 6.10 Å². The molecule has 3 nitrogen and oxygen atoms in total. The summed E-state index contributed by atoms with van der Waals surface area (Å²) in [5.74, 6) is 0.888. The first-order valence-electron chi connectivity index (χ1n) is 9.25. The summed E-state index contributed by atoms with van der Waals surface area (Å²) in [6, 6.07) is 6.30. The maximum Gasteiger partial charge on any atom is 0.112 e. The fraction of sp³-hybridized carbons (Fsp3) is 0.550. The number of morpholine rings is 1. The summed E-state index contributed by atoms with van der Waals surface area (Å²) in [6.45, 7) is 6.13. The smallest absolute Gasteiger partial charge is 0.112 e. The molecule has 1 saturated carbocycles. The first-order valence-corrected chi connectivity index (χ1v) is 10.5. The molecular formula is C20H25ClN2OS. The van der Waals surface area contributed by atoms with Crippen molar-refractivity contribution in [1.29, 1.82) is 0 Å². The highest BCUT2D eigenvalue weighted by Crippen LogP contribution is 2.33. The number of halogens is 1. The molecule has 25 heavy (non-hydrogen) atoms. The van der Waals surface area contributed by atoms with Gasteiger partial charge in [-0.2, -0.15) is 0 Å². The molecule has 0 unspecified atom stereocenters. The second kappa shape index (κ2) is 7.75. The Morgan fingerprint density at radius 3 is 2.88 bits per heavy atom. The second-order valence-electron chi connectivity index (χ2n) is 7.27. The summed E-state index contributed by atoms with van der Waals surface area (Å²) < 4.78 is 6.04. The summed E-state index contributed by atoms with van der Waals surface area (Å²) in [4.78, 5) is 8.61. The van der Waals surface area contributed by atoms with Gasteiger partial charge in [0.1, 0.15) is 6.10 Å². The number of thiophene rings is 1. The number of aromatic nitrogens is 1. The summed E-state index contributed by atoms with van der Waals surface area (Å²) in [5.41, 5.74) is 3.27. The average molecular weight is 377 g/mol. The van der Waals surface area contributed by atoms with E-state index in [4.69, 9.17) is 21.3 Å². The Bertz CT molecular complexity index is 726. The lowest BCUT2D eigenvalue weighted by Crippen LogP contribution is -2.40. The van der Waals surface area contributed by atoms with Crippen LogP contribution < -0.4 is 0 Å². The number of aryl methyl sites for hydroxylation is 1. The van der Waals surface area contributed by atoms with Gasteiger partial charge in [-0.15, -0.1) is 11.3 Å². The van der Waals surface area contributed by atoms with Gasteiger partial charge in [0.2, 0.25) is 0 Å². The molecule has 4 rings (SSSR count). The van der Waals surface area contributed by atoms with E-state index < -0.39 is 0 Å². The Labute approximate surface area is 159 Å². The predicted octanol–water partition coefficient (Wildman–Crippen LogP) is 5.34. The van der Waals surface area contributed by atoms with E-state index in [1.807, 2.05) is 11.4 Å². The molecule has 2 fully saturated rings. The number of hydrogen-bond donors (Lipinski definition) is 0. The van der Waals surface area contributed by atoms with Crippen LogP contribution in [0.3, 0.4) is 0 Å². The first-order chi connectivity index (χ1) is 12.2. The van der Waals surface area contributed by atoms with Gasteiger partial charge in [0.15, 0.2) is 0 Å². The molecule has 5 heteroatoms. The molecule has 0 amide bonds. The average Bonchev–Trinajstić information content (AvgIpc) is 3.27. The Kier molecular flexibility index (Phi) is 5.41. The zero-order valence-corrected chi connectivity index (χ0v) is 16.3. The molecule has 1 aliphatic carbocycles. The van der Waals surface area contributed by atoms with Gasteiger partial charge in [-0.25, -0.2) is 0 Å². The van der Waals surface area contributed by atoms with Gasteiger partial charge in [0.05, 0.1) is 17.3 Å². The van der Waals surface area contributed by atoms with Crippen LogP contribution >= 0.6 is 22.9 Å². The highest BCUT2D eigenvalue weighted by molar-refractivity contribution is 7.14. The van der Waals surface area contributed by atoms with E-state index in [1.165, 1.54) is 42.7 Å². The van der Waals surface area contributed by atoms with Gasteiger partial charge in [-0.1, -0.05) is 24.4 Å². The van der Waals surface area contributed by atoms with Crippen LogP contribution in [0.1, 0.15) is 43.2 Å². The molecule has 1 atom stereocenters. The summed E-state index contributed by atoms with van der Waals surface area (Å²) >= 11 is 7.73. The van der Waals surface area contributed by atoms with Crippen molar-refractivity contribution in [2.75, 3.05) is 26.2 Å². The molecule has 0 aromatic carbocycles. The first kappa shape index (κ1) is 17.5. The Hall–Kier alpha value is -0.940. The lowest BCUT2D eigenvalue weighted by atomic mass is 10.1. The fourth-order valence-corrected chi connectivity index (χ4v) is 5.23. The molecular weight excluding hydrogens is 352 g/mol. The maximum atomic E-state index is 6.07. The van der Waals surface area contributed by atoms with Crippen LogP contribution in [0.2, 0.25) is 5.02 Å². The molecule has 1 saturated heterocycles. The molecule has 134 valence electrons. The van der Waals surface area contributed by atoms with Gasteiger partial charge < -0.3 is 4.74 Å². The van der Waals surface area contributed by atoms with E-state index in [9.17, 15) is 0 Å². The van der Waals surface area contributed by atoms with Crippen LogP contribution in [0.25, 0.3) is 10.4 Å². The Balaban J connectivity index is 1.46. The van der Waals surface area contributed by atoms with Gasteiger partial charge in [0, 0.05) is 41.1 Å². The molecule has 0 N–H and O–H groups in total. The zero-order chi connectivity index (χ0) is 17.2.